The Labute approximate surface area is 187 Å². The highest BCUT2D eigenvalue weighted by atomic mass is 32.2. The Balaban J connectivity index is 1.67. The van der Waals surface area contributed by atoms with Crippen LogP contribution >= 0.6 is 0 Å². The smallest absolute Gasteiger partial charge is 0.321 e. The highest BCUT2D eigenvalue weighted by Gasteiger charge is 2.09. The van der Waals surface area contributed by atoms with E-state index in [1.165, 1.54) is 18.2 Å². The minimum atomic E-state index is -3.29. The zero-order valence-corrected chi connectivity index (χ0v) is 18.0. The number of nitrogens with zero attached hydrogens (tertiary/aromatic N) is 3. The predicted molar refractivity (Wildman–Crippen MR) is 120 cm³/mol. The van der Waals surface area contributed by atoms with E-state index in [0.717, 1.165) is 23.9 Å². The molecule has 3 heterocycles. The van der Waals surface area contributed by atoms with Crippen molar-refractivity contribution in [3.8, 4) is 11.8 Å². The van der Waals surface area contributed by atoms with Crippen LogP contribution in [0, 0.1) is 11.8 Å². The zero-order chi connectivity index (χ0) is 23.6. The van der Waals surface area contributed by atoms with Crippen molar-refractivity contribution in [1.82, 2.24) is 14.5 Å². The van der Waals surface area contributed by atoms with Crippen molar-refractivity contribution >= 4 is 32.1 Å². The molecule has 1 N–H and O–H groups in total. The van der Waals surface area contributed by atoms with Gasteiger partial charge in [0.2, 0.25) is 0 Å². The fourth-order valence-electron chi connectivity index (χ4n) is 3.03. The van der Waals surface area contributed by atoms with Crippen LogP contribution in [0.2, 0.25) is 0 Å². The molecule has 0 aliphatic rings. The Morgan fingerprint density at radius 3 is 2.48 bits per heavy atom. The average Bonchev–Trinajstić information content (AvgIpc) is 2.78. The Morgan fingerprint density at radius 1 is 1.03 bits per heavy atom. The molecule has 0 radical (unpaired) electrons. The predicted octanol–water partition coefficient (Wildman–Crippen LogP) is 3.73. The van der Waals surface area contributed by atoms with Gasteiger partial charge in [0.05, 0.1) is 4.90 Å². The second-order valence-corrected chi connectivity index (χ2v) is 9.08. The number of benzene rings is 1. The van der Waals surface area contributed by atoms with Crippen LogP contribution < -0.4 is 10.9 Å². The fourth-order valence-corrected chi connectivity index (χ4v) is 3.66. The van der Waals surface area contributed by atoms with Gasteiger partial charge in [-0.05, 0) is 48.4 Å². The summed E-state index contributed by atoms with van der Waals surface area (Å²) in [7, 11) is -3.29. The molecule has 4 rings (SSSR count). The van der Waals surface area contributed by atoms with E-state index in [4.69, 9.17) is 0 Å². The summed E-state index contributed by atoms with van der Waals surface area (Å²) in [5.74, 6) is 6.11. The van der Waals surface area contributed by atoms with Crippen LogP contribution in [0.1, 0.15) is 17.8 Å². The number of anilines is 2. The molecule has 3 aromatic heterocycles. The number of halogens is 2. The van der Waals surface area contributed by atoms with Gasteiger partial charge in [-0.1, -0.05) is 5.92 Å². The summed E-state index contributed by atoms with van der Waals surface area (Å²) in [5, 5.41) is 4.55. The van der Waals surface area contributed by atoms with E-state index in [9.17, 15) is 22.0 Å². The molecule has 0 amide bonds. The number of alkyl halides is 2. The van der Waals surface area contributed by atoms with Gasteiger partial charge < -0.3 is 5.32 Å². The lowest BCUT2D eigenvalue weighted by Gasteiger charge is -2.08. The summed E-state index contributed by atoms with van der Waals surface area (Å²) >= 11 is 0. The van der Waals surface area contributed by atoms with Crippen LogP contribution in [0.15, 0.2) is 76.8 Å². The average molecular weight is 466 g/mol. The zero-order valence-electron chi connectivity index (χ0n) is 17.2. The first-order chi connectivity index (χ1) is 15.7. The molecule has 0 spiro atoms. The maximum absolute atomic E-state index is 12.9. The van der Waals surface area contributed by atoms with Crippen molar-refractivity contribution in [1.29, 1.82) is 0 Å². The van der Waals surface area contributed by atoms with Gasteiger partial charge in [0.15, 0.2) is 9.84 Å². The normalized spacial score (nSPS) is 11.3. The number of hydrogen-bond acceptors (Lipinski definition) is 6. The Morgan fingerprint density at radius 2 is 1.79 bits per heavy atom. The van der Waals surface area contributed by atoms with E-state index in [0.29, 0.717) is 27.2 Å². The number of sulfone groups is 1. The highest BCUT2D eigenvalue weighted by molar-refractivity contribution is 7.90. The molecule has 0 aliphatic heterocycles. The second-order valence-electron chi connectivity index (χ2n) is 7.06. The van der Waals surface area contributed by atoms with Crippen molar-refractivity contribution in [2.24, 2.45) is 0 Å². The third-order valence-corrected chi connectivity index (χ3v) is 5.80. The van der Waals surface area contributed by atoms with Crippen LogP contribution in [0.3, 0.4) is 0 Å². The van der Waals surface area contributed by atoms with Crippen LogP contribution in [-0.4, -0.2) is 29.2 Å². The van der Waals surface area contributed by atoms with Crippen molar-refractivity contribution in [2.75, 3.05) is 11.6 Å². The molecule has 0 unspecified atom stereocenters. The summed E-state index contributed by atoms with van der Waals surface area (Å²) < 4.78 is 49.4. The van der Waals surface area contributed by atoms with Gasteiger partial charge in [0.1, 0.15) is 11.5 Å². The van der Waals surface area contributed by atoms with E-state index >= 15 is 0 Å². The quantitative estimate of drug-likeness (QED) is 0.461. The van der Waals surface area contributed by atoms with Gasteiger partial charge in [0, 0.05) is 52.9 Å². The number of rotatable bonds is 4. The number of hydrogen-bond donors (Lipinski definition) is 1. The maximum Gasteiger partial charge on any atom is 0.321 e. The van der Waals surface area contributed by atoms with E-state index in [1.807, 2.05) is 0 Å². The van der Waals surface area contributed by atoms with Crippen LogP contribution in [-0.2, 0) is 9.84 Å². The highest BCUT2D eigenvalue weighted by Crippen LogP contribution is 2.22. The van der Waals surface area contributed by atoms with Gasteiger partial charge >= 0.3 is 6.55 Å². The third kappa shape index (κ3) is 5.05. The van der Waals surface area contributed by atoms with E-state index < -0.39 is 21.9 Å². The summed E-state index contributed by atoms with van der Waals surface area (Å²) in [6.45, 7) is -2.96. The molecule has 0 fully saturated rings. The SMILES string of the molecule is CS(=O)(=O)c1ccc(Nc2cc3c(C#Cc4ccc(=O)n(C(F)F)c4)nccc3cn2)cc1. The number of nitrogens with one attached hydrogen (secondary N) is 1. The van der Waals surface area contributed by atoms with Crippen LogP contribution in [0.25, 0.3) is 10.8 Å². The standard InChI is InChI=1S/C23H16F2N4O3S/c1-33(31,32)18-6-4-17(5-7-18)28-21-12-19-16(13-27-21)10-11-26-20(19)8-2-15-3-9-22(30)29(14-15)23(24)25/h3-7,9-14,23H,1H3,(H,27,28). The topological polar surface area (TPSA) is 94.0 Å². The first-order valence-corrected chi connectivity index (χ1v) is 11.4. The first-order valence-electron chi connectivity index (χ1n) is 9.55. The summed E-state index contributed by atoms with van der Waals surface area (Å²) in [4.78, 5) is 20.3. The fraction of sp³-hybridized carbons (Fsp3) is 0.0870. The molecule has 0 atom stereocenters. The molecule has 0 saturated carbocycles. The first kappa shape index (κ1) is 22.1. The monoisotopic (exact) mass is 466 g/mol. The van der Waals surface area contributed by atoms with Gasteiger partial charge in [-0.3, -0.25) is 9.36 Å². The minimum Gasteiger partial charge on any atom is -0.340 e. The molecular weight excluding hydrogens is 450 g/mol. The van der Waals surface area contributed by atoms with Gasteiger partial charge in [-0.15, -0.1) is 0 Å². The molecule has 0 aliphatic carbocycles. The molecule has 0 saturated heterocycles. The maximum atomic E-state index is 12.9. The third-order valence-electron chi connectivity index (χ3n) is 4.68. The van der Waals surface area contributed by atoms with E-state index in [-0.39, 0.29) is 10.5 Å². The summed E-state index contributed by atoms with van der Waals surface area (Å²) in [6, 6.07) is 12.1. The summed E-state index contributed by atoms with van der Waals surface area (Å²) in [6.07, 6.45) is 5.33. The van der Waals surface area contributed by atoms with Crippen molar-refractivity contribution < 1.29 is 17.2 Å². The molecule has 10 heteroatoms. The van der Waals surface area contributed by atoms with Gasteiger partial charge in [-0.2, -0.15) is 8.78 Å². The Bertz CT molecular complexity index is 1570. The van der Waals surface area contributed by atoms with Crippen LogP contribution in [0.4, 0.5) is 20.3 Å². The second kappa shape index (κ2) is 8.80. The number of aromatic nitrogens is 3. The lowest BCUT2D eigenvalue weighted by Crippen LogP contribution is -2.19. The molecule has 33 heavy (non-hydrogen) atoms. The van der Waals surface area contributed by atoms with Gasteiger partial charge in [-0.25, -0.2) is 18.4 Å². The largest absolute Gasteiger partial charge is 0.340 e. The van der Waals surface area contributed by atoms with Gasteiger partial charge in [0.25, 0.3) is 5.56 Å². The molecule has 166 valence electrons. The molecule has 1 aromatic carbocycles. The van der Waals surface area contributed by atoms with E-state index in [2.05, 4.69) is 27.1 Å². The molecule has 0 bridgehead atoms. The minimum absolute atomic E-state index is 0.208. The van der Waals surface area contributed by atoms with Crippen LogP contribution in [0.5, 0.6) is 0 Å². The lowest BCUT2D eigenvalue weighted by atomic mass is 10.1. The van der Waals surface area contributed by atoms with Crippen molar-refractivity contribution in [3.63, 3.8) is 0 Å². The Kier molecular flexibility index (Phi) is 5.89. The number of fused-ring (bicyclic) bond motifs is 1. The molecule has 7 nitrogen and oxygen atoms in total. The lowest BCUT2D eigenvalue weighted by molar-refractivity contribution is 0.0663. The van der Waals surface area contributed by atoms with E-state index in [1.54, 1.807) is 36.7 Å². The molecule has 4 aromatic rings. The van der Waals surface area contributed by atoms with Crippen molar-refractivity contribution in [2.45, 2.75) is 11.4 Å². The number of pyridine rings is 3. The van der Waals surface area contributed by atoms with Crippen molar-refractivity contribution in [3.05, 3.63) is 88.7 Å². The molecular formula is C23H16F2N4O3S. The summed E-state index contributed by atoms with van der Waals surface area (Å²) in [5.41, 5.74) is 0.470. The Hall–Kier alpha value is -4.10.